The Morgan fingerprint density at radius 2 is 1.95 bits per heavy atom. The molecule has 19 heavy (non-hydrogen) atoms. The maximum atomic E-state index is 11.3. The van der Waals surface area contributed by atoms with Crippen molar-refractivity contribution in [1.29, 1.82) is 0 Å². The minimum Gasteiger partial charge on any atom is -0.300 e. The van der Waals surface area contributed by atoms with Gasteiger partial charge in [-0.3, -0.25) is 4.79 Å². The molecule has 1 aromatic heterocycles. The van der Waals surface area contributed by atoms with Crippen LogP contribution in [0, 0.1) is 6.92 Å². The summed E-state index contributed by atoms with van der Waals surface area (Å²) in [5, 5.41) is 4.51. The van der Waals surface area contributed by atoms with Crippen molar-refractivity contribution >= 4 is 21.7 Å². The van der Waals surface area contributed by atoms with Gasteiger partial charge in [0.25, 0.3) is 0 Å². The normalized spacial score (nSPS) is 10.7. The van der Waals surface area contributed by atoms with E-state index in [0.717, 1.165) is 28.0 Å². The lowest BCUT2D eigenvalue weighted by Gasteiger charge is -2.05. The minimum atomic E-state index is 0.143. The highest BCUT2D eigenvalue weighted by Crippen LogP contribution is 2.24. The van der Waals surface area contributed by atoms with Gasteiger partial charge in [-0.1, -0.05) is 19.1 Å². The van der Waals surface area contributed by atoms with E-state index in [1.165, 1.54) is 5.56 Å². The average molecular weight is 321 g/mol. The summed E-state index contributed by atoms with van der Waals surface area (Å²) in [5.41, 5.74) is 4.16. The zero-order chi connectivity index (χ0) is 14.0. The average Bonchev–Trinajstić information content (AvgIpc) is 2.66. The van der Waals surface area contributed by atoms with Crippen LogP contribution in [0.15, 0.2) is 28.9 Å². The molecule has 0 fully saturated rings. The molecule has 0 atom stereocenters. The van der Waals surface area contributed by atoms with Crippen molar-refractivity contribution in [3.63, 3.8) is 0 Å². The molecule has 0 amide bonds. The fraction of sp³-hybridized carbons (Fsp3) is 0.333. The van der Waals surface area contributed by atoms with Crippen molar-refractivity contribution in [2.75, 3.05) is 0 Å². The first kappa shape index (κ1) is 14.0. The van der Waals surface area contributed by atoms with Crippen LogP contribution in [0.25, 0.3) is 5.69 Å². The Hall–Kier alpha value is -1.42. The highest BCUT2D eigenvalue weighted by Gasteiger charge is 2.15. The van der Waals surface area contributed by atoms with Crippen LogP contribution in [0.5, 0.6) is 0 Å². The van der Waals surface area contributed by atoms with Gasteiger partial charge >= 0.3 is 0 Å². The lowest BCUT2D eigenvalue weighted by atomic mass is 10.1. The quantitative estimate of drug-likeness (QED) is 0.862. The predicted octanol–water partition coefficient (Wildman–Crippen LogP) is 3.64. The Morgan fingerprint density at radius 1 is 1.32 bits per heavy atom. The lowest BCUT2D eigenvalue weighted by molar-refractivity contribution is -0.116. The number of Topliss-reactive ketones (excluding diaryl/α,β-unsaturated/α-hetero) is 1. The Morgan fingerprint density at radius 3 is 2.47 bits per heavy atom. The third-order valence-corrected chi connectivity index (χ3v) is 3.95. The van der Waals surface area contributed by atoms with Crippen LogP contribution in [0.3, 0.4) is 0 Å². The molecule has 0 aliphatic heterocycles. The van der Waals surface area contributed by atoms with E-state index in [9.17, 15) is 4.79 Å². The molecular formula is C15H17BrN2O. The number of aromatic nitrogens is 2. The SMILES string of the molecule is CCc1ccc(-n2nc(C)c(CC(C)=O)c2Br)cc1. The molecular weight excluding hydrogens is 304 g/mol. The Bertz CT molecular complexity index is 599. The van der Waals surface area contributed by atoms with E-state index in [2.05, 4.69) is 40.1 Å². The fourth-order valence-electron chi connectivity index (χ4n) is 2.03. The van der Waals surface area contributed by atoms with E-state index in [1.54, 1.807) is 6.92 Å². The summed E-state index contributed by atoms with van der Waals surface area (Å²) in [6.45, 7) is 5.66. The zero-order valence-corrected chi connectivity index (χ0v) is 13.0. The summed E-state index contributed by atoms with van der Waals surface area (Å²) in [7, 11) is 0. The minimum absolute atomic E-state index is 0.143. The zero-order valence-electron chi connectivity index (χ0n) is 11.4. The third kappa shape index (κ3) is 2.95. The third-order valence-electron chi connectivity index (χ3n) is 3.14. The van der Waals surface area contributed by atoms with Crippen LogP contribution >= 0.6 is 15.9 Å². The molecule has 0 N–H and O–H groups in total. The molecule has 100 valence electrons. The van der Waals surface area contributed by atoms with E-state index in [0.29, 0.717) is 6.42 Å². The van der Waals surface area contributed by atoms with Crippen molar-refractivity contribution < 1.29 is 4.79 Å². The number of nitrogens with zero attached hydrogens (tertiary/aromatic N) is 2. The second-order valence-electron chi connectivity index (χ2n) is 4.67. The van der Waals surface area contributed by atoms with Gasteiger partial charge in [-0.2, -0.15) is 5.10 Å². The van der Waals surface area contributed by atoms with E-state index < -0.39 is 0 Å². The Labute approximate surface area is 121 Å². The van der Waals surface area contributed by atoms with Gasteiger partial charge in [0, 0.05) is 12.0 Å². The largest absolute Gasteiger partial charge is 0.300 e. The lowest BCUT2D eigenvalue weighted by Crippen LogP contribution is -1.99. The summed E-state index contributed by atoms with van der Waals surface area (Å²) in [6.07, 6.45) is 1.44. The molecule has 2 aromatic rings. The van der Waals surface area contributed by atoms with Crippen LogP contribution in [0.4, 0.5) is 0 Å². The van der Waals surface area contributed by atoms with Crippen molar-refractivity contribution in [1.82, 2.24) is 9.78 Å². The van der Waals surface area contributed by atoms with Crippen molar-refractivity contribution in [2.24, 2.45) is 0 Å². The number of rotatable bonds is 4. The van der Waals surface area contributed by atoms with Gasteiger partial charge in [0.15, 0.2) is 0 Å². The molecule has 2 rings (SSSR count). The molecule has 3 nitrogen and oxygen atoms in total. The molecule has 4 heteroatoms. The van der Waals surface area contributed by atoms with Crippen molar-refractivity contribution in [3.8, 4) is 5.69 Å². The van der Waals surface area contributed by atoms with Crippen molar-refractivity contribution in [3.05, 3.63) is 45.7 Å². The maximum Gasteiger partial charge on any atom is 0.134 e. The topological polar surface area (TPSA) is 34.9 Å². The molecule has 0 aliphatic carbocycles. The Balaban J connectivity index is 2.42. The summed E-state index contributed by atoms with van der Waals surface area (Å²) >= 11 is 3.55. The van der Waals surface area contributed by atoms with Crippen LogP contribution < -0.4 is 0 Å². The van der Waals surface area contributed by atoms with Gasteiger partial charge in [0.2, 0.25) is 0 Å². The van der Waals surface area contributed by atoms with Gasteiger partial charge in [0.05, 0.1) is 11.4 Å². The first-order valence-electron chi connectivity index (χ1n) is 6.35. The first-order chi connectivity index (χ1) is 9.02. The molecule has 0 saturated carbocycles. The number of carbonyl (C=O) groups is 1. The van der Waals surface area contributed by atoms with Crippen molar-refractivity contribution in [2.45, 2.75) is 33.6 Å². The molecule has 0 aliphatic rings. The molecule has 0 unspecified atom stereocenters. The van der Waals surface area contributed by atoms with Gasteiger partial charge in [-0.15, -0.1) is 0 Å². The number of ketones is 1. The van der Waals surface area contributed by atoms with E-state index >= 15 is 0 Å². The molecule has 0 radical (unpaired) electrons. The van der Waals surface area contributed by atoms with Crippen LogP contribution in [0.2, 0.25) is 0 Å². The number of hydrogen-bond donors (Lipinski definition) is 0. The molecule has 0 saturated heterocycles. The Kier molecular flexibility index (Phi) is 4.20. The standard InChI is InChI=1S/C15H17BrN2O/c1-4-12-5-7-13(8-6-12)18-15(16)14(9-10(2)19)11(3)17-18/h5-8H,4,9H2,1-3H3. The second kappa shape index (κ2) is 5.70. The van der Waals surface area contributed by atoms with E-state index in [1.807, 2.05) is 23.7 Å². The summed E-state index contributed by atoms with van der Waals surface area (Å²) in [6, 6.07) is 8.30. The number of carbonyl (C=O) groups excluding carboxylic acids is 1. The molecule has 0 spiro atoms. The molecule has 0 bridgehead atoms. The number of hydrogen-bond acceptors (Lipinski definition) is 2. The number of aryl methyl sites for hydroxylation is 2. The summed E-state index contributed by atoms with van der Waals surface area (Å²) in [4.78, 5) is 11.3. The highest BCUT2D eigenvalue weighted by atomic mass is 79.9. The van der Waals surface area contributed by atoms with E-state index in [4.69, 9.17) is 0 Å². The van der Waals surface area contributed by atoms with Crippen LogP contribution in [0.1, 0.15) is 30.7 Å². The summed E-state index contributed by atoms with van der Waals surface area (Å²) < 4.78 is 2.71. The van der Waals surface area contributed by atoms with Gasteiger partial charge < -0.3 is 0 Å². The maximum absolute atomic E-state index is 11.3. The smallest absolute Gasteiger partial charge is 0.134 e. The van der Waals surface area contributed by atoms with Crippen LogP contribution in [-0.2, 0) is 17.6 Å². The van der Waals surface area contributed by atoms with Crippen LogP contribution in [-0.4, -0.2) is 15.6 Å². The predicted molar refractivity (Wildman–Crippen MR) is 79.8 cm³/mol. The molecule has 1 aromatic carbocycles. The monoisotopic (exact) mass is 320 g/mol. The van der Waals surface area contributed by atoms with Gasteiger partial charge in [-0.25, -0.2) is 4.68 Å². The first-order valence-corrected chi connectivity index (χ1v) is 7.15. The van der Waals surface area contributed by atoms with Gasteiger partial charge in [-0.05, 0) is 53.9 Å². The highest BCUT2D eigenvalue weighted by molar-refractivity contribution is 9.10. The second-order valence-corrected chi connectivity index (χ2v) is 5.42. The molecule has 1 heterocycles. The number of benzene rings is 1. The fourth-order valence-corrected chi connectivity index (χ4v) is 2.74. The van der Waals surface area contributed by atoms with Gasteiger partial charge in [0.1, 0.15) is 10.4 Å². The number of halogens is 1. The van der Waals surface area contributed by atoms with E-state index in [-0.39, 0.29) is 5.78 Å². The summed E-state index contributed by atoms with van der Waals surface area (Å²) in [5.74, 6) is 0.143.